The molecule has 1 aliphatic heterocycles. The van der Waals surface area contributed by atoms with E-state index in [4.69, 9.17) is 10.5 Å². The molecule has 1 aliphatic rings. The highest BCUT2D eigenvalue weighted by Crippen LogP contribution is 2.29. The zero-order valence-corrected chi connectivity index (χ0v) is 24.7. The molecule has 3 N–H and O–H groups in total. The summed E-state index contributed by atoms with van der Waals surface area (Å²) in [7, 11) is 1.70. The molecule has 1 fully saturated rings. The van der Waals surface area contributed by atoms with Crippen molar-refractivity contribution in [3.8, 4) is 5.75 Å². The second-order valence-corrected chi connectivity index (χ2v) is 11.1. The van der Waals surface area contributed by atoms with Crippen LogP contribution < -0.4 is 20.7 Å². The number of piperidine rings is 1. The van der Waals surface area contributed by atoms with Gasteiger partial charge in [-0.2, -0.15) is 0 Å². The van der Waals surface area contributed by atoms with Gasteiger partial charge in [0.15, 0.2) is 0 Å². The highest BCUT2D eigenvalue weighted by atomic mass is 16.5. The number of nitrogens with one attached hydrogen (secondary N) is 1. The maximum absolute atomic E-state index is 12.9. The molecular formula is C33H45N5O2. The van der Waals surface area contributed by atoms with E-state index in [0.717, 1.165) is 66.9 Å². The Morgan fingerprint density at radius 1 is 1.10 bits per heavy atom. The normalized spacial score (nSPS) is 15.1. The van der Waals surface area contributed by atoms with Crippen molar-refractivity contribution in [2.45, 2.75) is 72.1 Å². The first-order chi connectivity index (χ1) is 19.3. The summed E-state index contributed by atoms with van der Waals surface area (Å²) < 4.78 is 5.40. The van der Waals surface area contributed by atoms with Crippen LogP contribution in [0.15, 0.2) is 54.9 Å². The maximum atomic E-state index is 12.9. The van der Waals surface area contributed by atoms with Crippen molar-refractivity contribution in [2.24, 2.45) is 5.73 Å². The number of aryl methyl sites for hydroxylation is 3. The molecule has 3 aromatic rings. The van der Waals surface area contributed by atoms with E-state index >= 15 is 0 Å². The van der Waals surface area contributed by atoms with E-state index in [1.54, 1.807) is 7.11 Å². The number of ether oxygens (including phenoxy) is 1. The van der Waals surface area contributed by atoms with Crippen molar-refractivity contribution >= 4 is 11.6 Å². The molecule has 40 heavy (non-hydrogen) atoms. The molecule has 0 radical (unpaired) electrons. The number of aromatic nitrogens is 1. The lowest BCUT2D eigenvalue weighted by atomic mass is 9.98. The van der Waals surface area contributed by atoms with Crippen molar-refractivity contribution in [3.63, 3.8) is 0 Å². The van der Waals surface area contributed by atoms with Gasteiger partial charge in [-0.3, -0.25) is 9.78 Å². The molecule has 0 aliphatic carbocycles. The fourth-order valence-corrected chi connectivity index (χ4v) is 5.88. The number of hydrogen-bond acceptors (Lipinski definition) is 6. The van der Waals surface area contributed by atoms with Gasteiger partial charge in [-0.1, -0.05) is 12.1 Å². The zero-order valence-electron chi connectivity index (χ0n) is 24.7. The van der Waals surface area contributed by atoms with E-state index in [0.29, 0.717) is 25.2 Å². The third-order valence-electron chi connectivity index (χ3n) is 8.36. The first-order valence-electron chi connectivity index (χ1n) is 14.4. The van der Waals surface area contributed by atoms with Gasteiger partial charge < -0.3 is 25.6 Å². The van der Waals surface area contributed by atoms with Crippen LogP contribution in [0, 0.1) is 20.8 Å². The van der Waals surface area contributed by atoms with E-state index in [1.807, 2.05) is 50.5 Å². The molecule has 7 heteroatoms. The lowest BCUT2D eigenvalue weighted by molar-refractivity contribution is 0.0944. The predicted molar refractivity (Wildman–Crippen MR) is 163 cm³/mol. The smallest absolute Gasteiger partial charge is 0.251 e. The summed E-state index contributed by atoms with van der Waals surface area (Å²) in [4.78, 5) is 22.4. The first kappa shape index (κ1) is 29.6. The minimum Gasteiger partial charge on any atom is -0.497 e. The van der Waals surface area contributed by atoms with Gasteiger partial charge in [-0.05, 0) is 105 Å². The topological polar surface area (TPSA) is 83.7 Å². The van der Waals surface area contributed by atoms with Crippen molar-refractivity contribution < 1.29 is 9.53 Å². The van der Waals surface area contributed by atoms with E-state index < -0.39 is 0 Å². The maximum Gasteiger partial charge on any atom is 0.251 e. The molecule has 0 saturated carbocycles. The number of carbonyl (C=O) groups excluding carboxylic acids is 1. The number of pyridine rings is 1. The molecule has 1 amide bonds. The van der Waals surface area contributed by atoms with Crippen LogP contribution in [-0.4, -0.2) is 54.6 Å². The lowest BCUT2D eigenvalue weighted by Gasteiger charge is -2.42. The monoisotopic (exact) mass is 543 g/mol. The van der Waals surface area contributed by atoms with Crippen molar-refractivity contribution in [2.75, 3.05) is 31.6 Å². The summed E-state index contributed by atoms with van der Waals surface area (Å²) in [6.07, 6.45) is 6.96. The summed E-state index contributed by atoms with van der Waals surface area (Å²) in [6.45, 7) is 12.5. The minimum atomic E-state index is 0.00492. The molecule has 2 heterocycles. The molecule has 1 atom stereocenters. The summed E-state index contributed by atoms with van der Waals surface area (Å²) in [5.74, 6) is 0.875. The molecule has 7 nitrogen and oxygen atoms in total. The summed E-state index contributed by atoms with van der Waals surface area (Å²) >= 11 is 0. The third-order valence-corrected chi connectivity index (χ3v) is 8.36. The van der Waals surface area contributed by atoms with Crippen LogP contribution in [0.1, 0.15) is 64.4 Å². The molecule has 0 spiro atoms. The van der Waals surface area contributed by atoms with E-state index in [9.17, 15) is 4.79 Å². The number of anilines is 1. The Kier molecular flexibility index (Phi) is 10.2. The van der Waals surface area contributed by atoms with Crippen LogP contribution in [0.4, 0.5) is 5.69 Å². The van der Waals surface area contributed by atoms with Gasteiger partial charge in [-0.15, -0.1) is 0 Å². The number of benzene rings is 2. The lowest BCUT2D eigenvalue weighted by Crippen LogP contribution is -2.48. The fourth-order valence-electron chi connectivity index (χ4n) is 5.88. The highest BCUT2D eigenvalue weighted by Gasteiger charge is 2.28. The Balaban J connectivity index is 1.34. The van der Waals surface area contributed by atoms with Crippen LogP contribution in [0.2, 0.25) is 0 Å². The van der Waals surface area contributed by atoms with Gasteiger partial charge >= 0.3 is 0 Å². The third kappa shape index (κ3) is 7.20. The van der Waals surface area contributed by atoms with E-state index in [1.165, 1.54) is 16.8 Å². The van der Waals surface area contributed by atoms with Crippen LogP contribution in [0.3, 0.4) is 0 Å². The average Bonchev–Trinajstić information content (AvgIpc) is 2.96. The number of carbonyl (C=O) groups is 1. The molecule has 4 rings (SSSR count). The number of likely N-dealkylation sites (tertiary alicyclic amines) is 1. The summed E-state index contributed by atoms with van der Waals surface area (Å²) in [5, 5.41) is 3.16. The predicted octanol–water partition coefficient (Wildman–Crippen LogP) is 5.15. The van der Waals surface area contributed by atoms with Crippen molar-refractivity contribution in [1.29, 1.82) is 0 Å². The van der Waals surface area contributed by atoms with Gasteiger partial charge in [0.05, 0.1) is 7.11 Å². The molecule has 1 aromatic heterocycles. The fraction of sp³-hybridized carbons (Fsp3) is 0.455. The van der Waals surface area contributed by atoms with E-state index in [-0.39, 0.29) is 5.91 Å². The van der Waals surface area contributed by atoms with Crippen molar-refractivity contribution in [3.05, 3.63) is 88.2 Å². The Morgan fingerprint density at radius 3 is 2.38 bits per heavy atom. The number of rotatable bonds is 11. The minimum absolute atomic E-state index is 0.00492. The molecule has 214 valence electrons. The van der Waals surface area contributed by atoms with Crippen molar-refractivity contribution in [1.82, 2.24) is 15.2 Å². The van der Waals surface area contributed by atoms with Gasteiger partial charge in [0.25, 0.3) is 5.91 Å². The zero-order chi connectivity index (χ0) is 28.6. The quantitative estimate of drug-likeness (QED) is 0.348. The van der Waals surface area contributed by atoms with Crippen LogP contribution >= 0.6 is 0 Å². The SMILES string of the molecule is COc1ccc(N(Cc2cnccc2C)C2CCN([C@H](C)CCNC(=O)c3c(C)cc(CN)cc3C)CC2)cc1. The van der Waals surface area contributed by atoms with Gasteiger partial charge in [0.2, 0.25) is 0 Å². The number of methoxy groups -OCH3 is 1. The van der Waals surface area contributed by atoms with Crippen LogP contribution in [-0.2, 0) is 13.1 Å². The standard InChI is InChI=1S/C33H45N5O2/c1-23-10-14-35-21-28(23)22-38(29-6-8-31(40-5)9-7-29)30-12-16-37(17-13-30)26(4)11-15-36-33(39)32-24(2)18-27(20-34)19-25(32)3/h6-10,14,18-19,21,26,30H,11-13,15-17,20,22,34H2,1-5H3,(H,36,39)/t26-/m1/s1. The number of hydrogen-bond donors (Lipinski definition) is 2. The van der Waals surface area contributed by atoms with Gasteiger partial charge in [0.1, 0.15) is 5.75 Å². The molecule has 0 bridgehead atoms. The molecule has 1 saturated heterocycles. The summed E-state index contributed by atoms with van der Waals surface area (Å²) in [5.41, 5.74) is 13.3. The molecule has 2 aromatic carbocycles. The van der Waals surface area contributed by atoms with Gasteiger partial charge in [-0.25, -0.2) is 0 Å². The highest BCUT2D eigenvalue weighted by molar-refractivity contribution is 5.97. The Bertz CT molecular complexity index is 1250. The second kappa shape index (κ2) is 13.8. The largest absolute Gasteiger partial charge is 0.497 e. The summed E-state index contributed by atoms with van der Waals surface area (Å²) in [6, 6.07) is 15.4. The first-order valence-corrected chi connectivity index (χ1v) is 14.4. The Morgan fingerprint density at radius 2 is 1.77 bits per heavy atom. The Labute approximate surface area is 239 Å². The average molecular weight is 544 g/mol. The second-order valence-electron chi connectivity index (χ2n) is 11.1. The van der Waals surface area contributed by atoms with Crippen LogP contribution in [0.25, 0.3) is 0 Å². The van der Waals surface area contributed by atoms with E-state index in [2.05, 4.69) is 52.1 Å². The van der Waals surface area contributed by atoms with Gasteiger partial charge in [0, 0.05) is 68.5 Å². The molecule has 0 unspecified atom stereocenters. The number of nitrogens with two attached hydrogens (primary N) is 1. The van der Waals surface area contributed by atoms with Crippen LogP contribution in [0.5, 0.6) is 5.75 Å². The Hall–Kier alpha value is -3.42. The molecular weight excluding hydrogens is 498 g/mol. The number of nitrogens with zero attached hydrogens (tertiary/aromatic N) is 3. The number of amides is 1.